The van der Waals surface area contributed by atoms with Gasteiger partial charge in [-0.05, 0) is 23.7 Å². The summed E-state index contributed by atoms with van der Waals surface area (Å²) in [4.78, 5) is 15.9. The molecule has 0 bridgehead atoms. The van der Waals surface area contributed by atoms with E-state index in [9.17, 15) is 4.79 Å². The summed E-state index contributed by atoms with van der Waals surface area (Å²) in [5.41, 5.74) is 1.21. The van der Waals surface area contributed by atoms with E-state index in [1.807, 2.05) is 0 Å². The third kappa shape index (κ3) is 1.95. The lowest BCUT2D eigenvalue weighted by Gasteiger charge is -2.36. The van der Waals surface area contributed by atoms with E-state index in [1.165, 1.54) is 4.90 Å². The molecule has 1 amide bonds. The Labute approximate surface area is 107 Å². The van der Waals surface area contributed by atoms with E-state index in [4.69, 9.17) is 25.9 Å². The van der Waals surface area contributed by atoms with Crippen molar-refractivity contribution >= 4 is 28.8 Å². The van der Waals surface area contributed by atoms with Crippen LogP contribution in [0.4, 0.5) is 4.79 Å². The maximum absolute atomic E-state index is 10.6. The van der Waals surface area contributed by atoms with Crippen molar-refractivity contribution in [2.24, 2.45) is 0 Å². The zero-order valence-corrected chi connectivity index (χ0v) is 9.92. The predicted octanol–water partition coefficient (Wildman–Crippen LogP) is 2.22. The molecule has 0 radical (unpaired) electrons. The Balaban J connectivity index is 1.70. The number of fused-ring (bicyclic) bond motifs is 1. The number of carbonyl (C=O) groups is 1. The van der Waals surface area contributed by atoms with E-state index in [2.05, 4.69) is 4.98 Å². The van der Waals surface area contributed by atoms with Crippen LogP contribution in [0.15, 0.2) is 22.6 Å². The molecule has 2 heterocycles. The van der Waals surface area contributed by atoms with Gasteiger partial charge in [0.25, 0.3) is 5.35 Å². The molecule has 7 heteroatoms. The van der Waals surface area contributed by atoms with Crippen LogP contribution < -0.4 is 4.74 Å². The summed E-state index contributed by atoms with van der Waals surface area (Å²) in [7, 11) is 0. The largest absolute Gasteiger partial charge is 0.487 e. The Morgan fingerprint density at radius 3 is 3.06 bits per heavy atom. The molecule has 3 rings (SSSR count). The predicted molar refractivity (Wildman–Crippen MR) is 63.0 cm³/mol. The third-order valence-electron chi connectivity index (χ3n) is 2.75. The molecule has 0 unspecified atom stereocenters. The number of hydrogen-bond acceptors (Lipinski definition) is 4. The average Bonchev–Trinajstić information content (AvgIpc) is 2.61. The summed E-state index contributed by atoms with van der Waals surface area (Å²) in [6.45, 7) is 0.764. The average molecular weight is 269 g/mol. The number of rotatable bonds is 2. The number of ether oxygens (including phenoxy) is 1. The first-order valence-electron chi connectivity index (χ1n) is 5.32. The smallest absolute Gasteiger partial charge is 0.407 e. The Morgan fingerprint density at radius 1 is 1.56 bits per heavy atom. The van der Waals surface area contributed by atoms with Crippen molar-refractivity contribution < 1.29 is 19.1 Å². The summed E-state index contributed by atoms with van der Waals surface area (Å²) < 4.78 is 10.7. The number of amides is 1. The van der Waals surface area contributed by atoms with Crippen LogP contribution in [0.2, 0.25) is 5.35 Å². The second-order valence-corrected chi connectivity index (χ2v) is 4.35. The molecule has 0 saturated carbocycles. The number of hydrogen-bond donors (Lipinski definition) is 1. The molecule has 1 aromatic heterocycles. The van der Waals surface area contributed by atoms with Gasteiger partial charge in [0.15, 0.2) is 5.58 Å². The van der Waals surface area contributed by atoms with Crippen molar-refractivity contribution in [2.45, 2.75) is 6.10 Å². The van der Waals surface area contributed by atoms with E-state index in [-0.39, 0.29) is 11.5 Å². The van der Waals surface area contributed by atoms with Crippen molar-refractivity contribution in [2.75, 3.05) is 13.1 Å². The standard InChI is InChI=1S/C11H9ClN2O4/c12-10-13-8-3-6(1-2-9(8)18-10)17-7-4-14(5-7)11(15)16/h1-3,7H,4-5H2,(H,15,16). The van der Waals surface area contributed by atoms with Crippen LogP contribution >= 0.6 is 11.6 Å². The summed E-state index contributed by atoms with van der Waals surface area (Å²) in [5.74, 6) is 0.627. The van der Waals surface area contributed by atoms with Gasteiger partial charge in [-0.15, -0.1) is 0 Å². The zero-order valence-electron chi connectivity index (χ0n) is 9.17. The minimum atomic E-state index is -0.923. The fraction of sp³-hybridized carbons (Fsp3) is 0.273. The quantitative estimate of drug-likeness (QED) is 0.904. The van der Waals surface area contributed by atoms with E-state index in [0.29, 0.717) is 29.9 Å². The van der Waals surface area contributed by atoms with Gasteiger partial charge < -0.3 is 19.2 Å². The molecular weight excluding hydrogens is 260 g/mol. The topological polar surface area (TPSA) is 75.8 Å². The van der Waals surface area contributed by atoms with Gasteiger partial charge >= 0.3 is 6.09 Å². The van der Waals surface area contributed by atoms with Crippen LogP contribution in [0.5, 0.6) is 5.75 Å². The summed E-state index contributed by atoms with van der Waals surface area (Å²) in [6, 6.07) is 5.18. The van der Waals surface area contributed by atoms with Crippen molar-refractivity contribution in [1.29, 1.82) is 0 Å². The third-order valence-corrected chi connectivity index (χ3v) is 2.92. The van der Waals surface area contributed by atoms with Crippen LogP contribution in [0.3, 0.4) is 0 Å². The molecule has 18 heavy (non-hydrogen) atoms. The van der Waals surface area contributed by atoms with E-state index < -0.39 is 6.09 Å². The molecule has 0 spiro atoms. The Kier molecular flexibility index (Phi) is 2.52. The Hall–Kier alpha value is -1.95. The molecule has 94 valence electrons. The molecule has 1 aromatic carbocycles. The molecule has 1 N–H and O–H groups in total. The second kappa shape index (κ2) is 4.06. The van der Waals surface area contributed by atoms with E-state index >= 15 is 0 Å². The fourth-order valence-corrected chi connectivity index (χ4v) is 1.99. The first-order valence-corrected chi connectivity index (χ1v) is 5.70. The van der Waals surface area contributed by atoms with Gasteiger partial charge in [0, 0.05) is 6.07 Å². The first-order chi connectivity index (χ1) is 8.61. The fourth-order valence-electron chi connectivity index (χ4n) is 1.81. The molecular formula is C11H9ClN2O4. The van der Waals surface area contributed by atoms with Crippen molar-refractivity contribution in [3.8, 4) is 5.75 Å². The second-order valence-electron chi connectivity index (χ2n) is 4.02. The number of oxazole rings is 1. The summed E-state index contributed by atoms with van der Waals surface area (Å²) >= 11 is 5.64. The summed E-state index contributed by atoms with van der Waals surface area (Å²) in [6.07, 6.45) is -1.03. The lowest BCUT2D eigenvalue weighted by Crippen LogP contribution is -2.55. The highest BCUT2D eigenvalue weighted by Crippen LogP contribution is 2.25. The van der Waals surface area contributed by atoms with Crippen molar-refractivity contribution in [3.63, 3.8) is 0 Å². The number of halogens is 1. The van der Waals surface area contributed by atoms with Crippen LogP contribution in [0, 0.1) is 0 Å². The summed E-state index contributed by atoms with van der Waals surface area (Å²) in [5, 5.41) is 8.78. The lowest BCUT2D eigenvalue weighted by molar-refractivity contribution is 0.0253. The maximum atomic E-state index is 10.6. The molecule has 1 saturated heterocycles. The zero-order chi connectivity index (χ0) is 12.7. The number of aromatic nitrogens is 1. The maximum Gasteiger partial charge on any atom is 0.407 e. The van der Waals surface area contributed by atoms with Gasteiger partial charge in [-0.3, -0.25) is 0 Å². The Bertz CT molecular complexity index is 606. The monoisotopic (exact) mass is 268 g/mol. The van der Waals surface area contributed by atoms with Gasteiger partial charge in [0.05, 0.1) is 13.1 Å². The van der Waals surface area contributed by atoms with Crippen molar-refractivity contribution in [3.05, 3.63) is 23.5 Å². The van der Waals surface area contributed by atoms with Gasteiger partial charge in [-0.2, -0.15) is 4.98 Å². The number of benzene rings is 1. The molecule has 1 fully saturated rings. The van der Waals surface area contributed by atoms with Crippen LogP contribution in [-0.2, 0) is 0 Å². The SMILES string of the molecule is O=C(O)N1CC(Oc2ccc3oc(Cl)nc3c2)C1. The van der Waals surface area contributed by atoms with Crippen LogP contribution in [0.1, 0.15) is 0 Å². The molecule has 0 atom stereocenters. The Morgan fingerprint density at radius 2 is 2.33 bits per heavy atom. The molecule has 0 aliphatic carbocycles. The van der Waals surface area contributed by atoms with Crippen LogP contribution in [0.25, 0.3) is 11.1 Å². The minimum Gasteiger partial charge on any atom is -0.487 e. The molecule has 1 aliphatic heterocycles. The van der Waals surface area contributed by atoms with Gasteiger partial charge in [-0.25, -0.2) is 4.79 Å². The highest BCUT2D eigenvalue weighted by Gasteiger charge is 2.32. The molecule has 6 nitrogen and oxygen atoms in total. The highest BCUT2D eigenvalue weighted by atomic mass is 35.5. The van der Waals surface area contributed by atoms with Gasteiger partial charge in [0.2, 0.25) is 0 Å². The normalized spacial score (nSPS) is 15.7. The van der Waals surface area contributed by atoms with Gasteiger partial charge in [-0.1, -0.05) is 0 Å². The van der Waals surface area contributed by atoms with E-state index in [1.54, 1.807) is 18.2 Å². The van der Waals surface area contributed by atoms with E-state index in [0.717, 1.165) is 0 Å². The van der Waals surface area contributed by atoms with Crippen LogP contribution in [-0.4, -0.2) is 40.3 Å². The minimum absolute atomic E-state index is 0.0860. The highest BCUT2D eigenvalue weighted by molar-refractivity contribution is 6.28. The molecule has 1 aliphatic rings. The van der Waals surface area contributed by atoms with Gasteiger partial charge in [0.1, 0.15) is 17.4 Å². The number of carboxylic acid groups (broad SMARTS) is 1. The molecule has 2 aromatic rings. The lowest BCUT2D eigenvalue weighted by atomic mass is 10.2. The number of nitrogens with zero attached hydrogens (tertiary/aromatic N) is 2. The number of likely N-dealkylation sites (tertiary alicyclic amines) is 1. The van der Waals surface area contributed by atoms with Crippen molar-refractivity contribution in [1.82, 2.24) is 9.88 Å². The first kappa shape index (κ1) is 11.2.